The quantitative estimate of drug-likeness (QED) is 0.500. The summed E-state index contributed by atoms with van der Waals surface area (Å²) in [6, 6.07) is 0. The molecule has 0 N–H and O–H groups in total. The van der Waals surface area contributed by atoms with Crippen molar-refractivity contribution in [1.82, 2.24) is 0 Å². The summed E-state index contributed by atoms with van der Waals surface area (Å²) >= 11 is 0. The number of rotatable bonds is 7. The molecule has 0 saturated heterocycles. The zero-order chi connectivity index (χ0) is 11.9. The summed E-state index contributed by atoms with van der Waals surface area (Å²) in [6.45, 7) is 7.33. The van der Waals surface area contributed by atoms with Gasteiger partial charge < -0.3 is 14.0 Å². The van der Waals surface area contributed by atoms with Gasteiger partial charge in [-0.3, -0.25) is 4.57 Å². The highest BCUT2D eigenvalue weighted by molar-refractivity contribution is 7.42. The van der Waals surface area contributed by atoms with Gasteiger partial charge in [0, 0.05) is 6.61 Å². The van der Waals surface area contributed by atoms with Crippen molar-refractivity contribution in [3.8, 4) is 0 Å². The van der Waals surface area contributed by atoms with E-state index in [0.29, 0.717) is 0 Å². The molecule has 15 heavy (non-hydrogen) atoms. The van der Waals surface area contributed by atoms with E-state index in [2.05, 4.69) is 0 Å². The van der Waals surface area contributed by atoms with Crippen LogP contribution in [0.3, 0.4) is 0 Å². The summed E-state index contributed by atoms with van der Waals surface area (Å²) < 4.78 is 26.7. The number of ether oxygens (including phenoxy) is 2. The van der Waals surface area contributed by atoms with Gasteiger partial charge in [-0.25, -0.2) is 4.79 Å². The molecule has 0 aromatic carbocycles. The van der Waals surface area contributed by atoms with Crippen LogP contribution in [0.5, 0.6) is 0 Å². The monoisotopic (exact) mass is 238 g/mol. The standard InChI is InChI=1S/C9H19O5P/c1-5-12-8(10)9(4,13-6-2)15(11)14-7-3/h15H,5-7H2,1-4H3. The van der Waals surface area contributed by atoms with E-state index in [1.54, 1.807) is 20.8 Å². The fourth-order valence-corrected chi connectivity index (χ4v) is 2.07. The van der Waals surface area contributed by atoms with Gasteiger partial charge in [-0.1, -0.05) is 0 Å². The summed E-state index contributed by atoms with van der Waals surface area (Å²) in [6.07, 6.45) is 0. The smallest absolute Gasteiger partial charge is 0.348 e. The molecule has 0 aliphatic carbocycles. The maximum atomic E-state index is 11.7. The van der Waals surface area contributed by atoms with Crippen LogP contribution >= 0.6 is 8.03 Å². The first-order chi connectivity index (χ1) is 7.02. The first-order valence-electron chi connectivity index (χ1n) is 5.01. The van der Waals surface area contributed by atoms with Gasteiger partial charge in [0.15, 0.2) is 0 Å². The third-order valence-corrected chi connectivity index (χ3v) is 3.44. The van der Waals surface area contributed by atoms with Crippen molar-refractivity contribution in [3.05, 3.63) is 0 Å². The molecule has 0 aromatic rings. The Morgan fingerprint density at radius 1 is 1.20 bits per heavy atom. The molecule has 0 heterocycles. The van der Waals surface area contributed by atoms with Crippen molar-refractivity contribution in [1.29, 1.82) is 0 Å². The number of esters is 1. The highest BCUT2D eigenvalue weighted by Crippen LogP contribution is 2.41. The average Bonchev–Trinajstić information content (AvgIpc) is 2.18. The Kier molecular flexibility index (Phi) is 6.81. The van der Waals surface area contributed by atoms with Gasteiger partial charge in [0.1, 0.15) is 0 Å². The molecule has 5 nitrogen and oxygen atoms in total. The minimum atomic E-state index is -2.61. The van der Waals surface area contributed by atoms with E-state index in [0.717, 1.165) is 0 Å². The second-order valence-electron chi connectivity index (χ2n) is 2.91. The van der Waals surface area contributed by atoms with Gasteiger partial charge >= 0.3 is 5.97 Å². The maximum Gasteiger partial charge on any atom is 0.348 e. The lowest BCUT2D eigenvalue weighted by Gasteiger charge is -2.25. The largest absolute Gasteiger partial charge is 0.463 e. The molecular weight excluding hydrogens is 219 g/mol. The number of hydrogen-bond acceptors (Lipinski definition) is 5. The van der Waals surface area contributed by atoms with E-state index in [-0.39, 0.29) is 19.8 Å². The molecule has 0 saturated carbocycles. The van der Waals surface area contributed by atoms with Gasteiger partial charge in [-0.2, -0.15) is 0 Å². The summed E-state index contributed by atoms with van der Waals surface area (Å²) in [7, 11) is -2.61. The summed E-state index contributed by atoms with van der Waals surface area (Å²) in [5.74, 6) is -0.635. The lowest BCUT2D eigenvalue weighted by Crippen LogP contribution is -2.37. The number of hydrogen-bond donors (Lipinski definition) is 0. The first kappa shape index (κ1) is 14.6. The van der Waals surface area contributed by atoms with Crippen molar-refractivity contribution in [2.45, 2.75) is 33.0 Å². The molecule has 0 fully saturated rings. The highest BCUT2D eigenvalue weighted by atomic mass is 31.1. The van der Waals surface area contributed by atoms with Crippen LogP contribution in [0, 0.1) is 0 Å². The van der Waals surface area contributed by atoms with Gasteiger partial charge in [0.25, 0.3) is 0 Å². The fourth-order valence-electron chi connectivity index (χ4n) is 1.03. The van der Waals surface area contributed by atoms with E-state index in [1.807, 2.05) is 0 Å². The van der Waals surface area contributed by atoms with Crippen LogP contribution in [0.2, 0.25) is 0 Å². The minimum Gasteiger partial charge on any atom is -0.463 e. The molecule has 6 heteroatoms. The van der Waals surface area contributed by atoms with Crippen LogP contribution in [0.15, 0.2) is 0 Å². The van der Waals surface area contributed by atoms with Gasteiger partial charge in [0.2, 0.25) is 13.4 Å². The fraction of sp³-hybridized carbons (Fsp3) is 0.889. The Bertz CT molecular complexity index is 211. The van der Waals surface area contributed by atoms with Crippen molar-refractivity contribution in [2.24, 2.45) is 0 Å². The SMILES string of the molecule is CCOC(=O)C(C)(OCC)[PH](=O)OCC. The molecule has 0 spiro atoms. The second-order valence-corrected chi connectivity index (χ2v) is 4.72. The molecule has 2 atom stereocenters. The average molecular weight is 238 g/mol. The van der Waals surface area contributed by atoms with E-state index >= 15 is 0 Å². The molecular formula is C9H19O5P. The van der Waals surface area contributed by atoms with Gasteiger partial charge in [0.05, 0.1) is 13.2 Å². The predicted octanol–water partition coefficient (Wildman–Crippen LogP) is 1.81. The zero-order valence-electron chi connectivity index (χ0n) is 9.66. The van der Waals surface area contributed by atoms with E-state index in [4.69, 9.17) is 14.0 Å². The number of carbonyl (C=O) groups is 1. The van der Waals surface area contributed by atoms with Crippen LogP contribution in [-0.4, -0.2) is 31.1 Å². The van der Waals surface area contributed by atoms with Crippen LogP contribution in [0.25, 0.3) is 0 Å². The predicted molar refractivity (Wildman–Crippen MR) is 57.3 cm³/mol. The first-order valence-corrected chi connectivity index (χ1v) is 6.32. The molecule has 0 aliphatic rings. The van der Waals surface area contributed by atoms with Gasteiger partial charge in [-0.05, 0) is 27.7 Å². The Balaban J connectivity index is 4.70. The third kappa shape index (κ3) is 3.93. The van der Waals surface area contributed by atoms with Crippen molar-refractivity contribution in [3.63, 3.8) is 0 Å². The summed E-state index contributed by atoms with van der Waals surface area (Å²) in [5.41, 5.74) is 0. The molecule has 0 radical (unpaired) electrons. The second kappa shape index (κ2) is 6.99. The van der Waals surface area contributed by atoms with Crippen molar-refractivity contribution in [2.75, 3.05) is 19.8 Å². The Labute approximate surface area is 91.0 Å². The Morgan fingerprint density at radius 2 is 1.80 bits per heavy atom. The van der Waals surface area contributed by atoms with E-state index in [1.165, 1.54) is 6.92 Å². The van der Waals surface area contributed by atoms with Crippen LogP contribution in [0.4, 0.5) is 0 Å². The molecule has 0 rings (SSSR count). The van der Waals surface area contributed by atoms with Gasteiger partial charge in [-0.15, -0.1) is 0 Å². The summed E-state index contributed by atoms with van der Waals surface area (Å²) in [4.78, 5) is 11.6. The van der Waals surface area contributed by atoms with E-state index in [9.17, 15) is 9.36 Å². The van der Waals surface area contributed by atoms with Crippen LogP contribution in [0.1, 0.15) is 27.7 Å². The minimum absolute atomic E-state index is 0.225. The lowest BCUT2D eigenvalue weighted by molar-refractivity contribution is -0.160. The molecule has 0 aromatic heterocycles. The van der Waals surface area contributed by atoms with E-state index < -0.39 is 19.3 Å². The van der Waals surface area contributed by atoms with Crippen LogP contribution in [-0.2, 0) is 23.4 Å². The Morgan fingerprint density at radius 3 is 2.20 bits per heavy atom. The normalized spacial score (nSPS) is 16.8. The Hall–Kier alpha value is -0.380. The van der Waals surface area contributed by atoms with Crippen molar-refractivity contribution < 1.29 is 23.4 Å². The summed E-state index contributed by atoms with van der Waals surface area (Å²) in [5, 5.41) is -1.47. The third-order valence-electron chi connectivity index (χ3n) is 1.76. The number of carbonyl (C=O) groups excluding carboxylic acids is 1. The molecule has 0 bridgehead atoms. The molecule has 90 valence electrons. The van der Waals surface area contributed by atoms with Crippen LogP contribution < -0.4 is 0 Å². The lowest BCUT2D eigenvalue weighted by atomic mass is 10.4. The molecule has 0 amide bonds. The molecule has 0 aliphatic heterocycles. The molecule has 2 unspecified atom stereocenters. The zero-order valence-corrected chi connectivity index (χ0v) is 10.7. The highest BCUT2D eigenvalue weighted by Gasteiger charge is 2.42. The topological polar surface area (TPSA) is 61.8 Å². The maximum absolute atomic E-state index is 11.7. The van der Waals surface area contributed by atoms with Crippen molar-refractivity contribution >= 4 is 14.0 Å².